The molecule has 0 saturated carbocycles. The molecule has 0 radical (unpaired) electrons. The predicted octanol–water partition coefficient (Wildman–Crippen LogP) is 1.49. The standard InChI is InChI=1S/C21H24N4O2/c1-4-17-9-10-20(24-23-17)25-12-18(19(26)13-25)22-21(27)11-15-5-7-16(8-6-15)14(2)3/h1,5-10,14,18-19,26H,11-13H2,2-3H3,(H,22,27)/t18-,19+/m0/s1. The van der Waals surface area contributed by atoms with Crippen molar-refractivity contribution >= 4 is 11.7 Å². The number of benzene rings is 1. The lowest BCUT2D eigenvalue weighted by molar-refractivity contribution is -0.121. The molecule has 27 heavy (non-hydrogen) atoms. The molecule has 2 aromatic rings. The summed E-state index contributed by atoms with van der Waals surface area (Å²) in [6.07, 6.45) is 4.91. The Bertz CT molecular complexity index is 825. The highest BCUT2D eigenvalue weighted by Gasteiger charge is 2.33. The van der Waals surface area contributed by atoms with Crippen LogP contribution in [0.2, 0.25) is 0 Å². The van der Waals surface area contributed by atoms with Crippen LogP contribution in [0.15, 0.2) is 36.4 Å². The van der Waals surface area contributed by atoms with Crippen molar-refractivity contribution in [2.75, 3.05) is 18.0 Å². The fraction of sp³-hybridized carbons (Fsp3) is 0.381. The lowest BCUT2D eigenvalue weighted by Gasteiger charge is -2.17. The van der Waals surface area contributed by atoms with Gasteiger partial charge in [-0.05, 0) is 35.1 Å². The SMILES string of the molecule is C#Cc1ccc(N2C[C@@H](O)[C@@H](NC(=O)Cc3ccc(C(C)C)cc3)C2)nn1. The highest BCUT2D eigenvalue weighted by atomic mass is 16.3. The molecule has 1 amide bonds. The second-order valence-electron chi connectivity index (χ2n) is 7.14. The number of hydrogen-bond donors (Lipinski definition) is 2. The van der Waals surface area contributed by atoms with E-state index in [0.29, 0.717) is 30.5 Å². The normalized spacial score (nSPS) is 19.1. The quantitative estimate of drug-likeness (QED) is 0.786. The number of carbonyl (C=O) groups excluding carboxylic acids is 1. The van der Waals surface area contributed by atoms with E-state index in [4.69, 9.17) is 6.42 Å². The first-order valence-electron chi connectivity index (χ1n) is 9.08. The van der Waals surface area contributed by atoms with E-state index in [9.17, 15) is 9.90 Å². The molecule has 1 aliphatic heterocycles. The van der Waals surface area contributed by atoms with Gasteiger partial charge in [-0.1, -0.05) is 38.1 Å². The molecule has 140 valence electrons. The molecule has 0 aliphatic carbocycles. The van der Waals surface area contributed by atoms with Gasteiger partial charge in [0.1, 0.15) is 5.69 Å². The molecule has 1 fully saturated rings. The van der Waals surface area contributed by atoms with Crippen LogP contribution >= 0.6 is 0 Å². The maximum absolute atomic E-state index is 12.4. The second kappa shape index (κ2) is 8.19. The fourth-order valence-electron chi connectivity index (χ4n) is 3.15. The minimum absolute atomic E-state index is 0.105. The van der Waals surface area contributed by atoms with Crippen LogP contribution in [-0.4, -0.2) is 46.4 Å². The largest absolute Gasteiger partial charge is 0.389 e. The van der Waals surface area contributed by atoms with Gasteiger partial charge in [-0.25, -0.2) is 0 Å². The Morgan fingerprint density at radius 1 is 1.26 bits per heavy atom. The van der Waals surface area contributed by atoms with Crippen molar-refractivity contribution < 1.29 is 9.90 Å². The topological polar surface area (TPSA) is 78.4 Å². The Balaban J connectivity index is 1.56. The van der Waals surface area contributed by atoms with E-state index in [0.717, 1.165) is 5.56 Å². The third kappa shape index (κ3) is 4.63. The number of hydrogen-bond acceptors (Lipinski definition) is 5. The van der Waals surface area contributed by atoms with Crippen molar-refractivity contribution in [2.45, 2.75) is 38.3 Å². The summed E-state index contributed by atoms with van der Waals surface area (Å²) in [4.78, 5) is 14.3. The Morgan fingerprint density at radius 3 is 2.59 bits per heavy atom. The molecule has 2 atom stereocenters. The van der Waals surface area contributed by atoms with Crippen LogP contribution in [0.25, 0.3) is 0 Å². The summed E-state index contributed by atoms with van der Waals surface area (Å²) >= 11 is 0. The molecule has 6 nitrogen and oxygen atoms in total. The molecule has 1 aliphatic rings. The van der Waals surface area contributed by atoms with Crippen LogP contribution in [0.5, 0.6) is 0 Å². The van der Waals surface area contributed by atoms with Crippen molar-refractivity contribution in [3.05, 3.63) is 53.2 Å². The van der Waals surface area contributed by atoms with Gasteiger partial charge in [-0.2, -0.15) is 0 Å². The number of rotatable bonds is 5. The lowest BCUT2D eigenvalue weighted by Crippen LogP contribution is -2.43. The van der Waals surface area contributed by atoms with Gasteiger partial charge in [-0.3, -0.25) is 4.79 Å². The van der Waals surface area contributed by atoms with E-state index >= 15 is 0 Å². The minimum atomic E-state index is -0.661. The summed E-state index contributed by atoms with van der Waals surface area (Å²) in [6.45, 7) is 5.14. The van der Waals surface area contributed by atoms with Gasteiger partial charge in [0.15, 0.2) is 5.82 Å². The zero-order chi connectivity index (χ0) is 19.4. The molecular formula is C21H24N4O2. The van der Waals surface area contributed by atoms with E-state index in [-0.39, 0.29) is 18.4 Å². The molecule has 1 saturated heterocycles. The van der Waals surface area contributed by atoms with Gasteiger partial charge in [-0.15, -0.1) is 16.6 Å². The van der Waals surface area contributed by atoms with Crippen molar-refractivity contribution in [2.24, 2.45) is 0 Å². The number of carbonyl (C=O) groups is 1. The smallest absolute Gasteiger partial charge is 0.224 e. The van der Waals surface area contributed by atoms with Crippen molar-refractivity contribution in [1.82, 2.24) is 15.5 Å². The summed E-state index contributed by atoms with van der Waals surface area (Å²) in [5, 5.41) is 21.2. The van der Waals surface area contributed by atoms with Gasteiger partial charge in [0.2, 0.25) is 5.91 Å². The number of terminal acetylenes is 1. The van der Waals surface area contributed by atoms with Crippen LogP contribution in [0.4, 0.5) is 5.82 Å². The van der Waals surface area contributed by atoms with E-state index in [1.54, 1.807) is 12.1 Å². The summed E-state index contributed by atoms with van der Waals surface area (Å²) in [5.74, 6) is 3.41. The third-order valence-corrected chi connectivity index (χ3v) is 4.77. The van der Waals surface area contributed by atoms with Crippen molar-refractivity contribution in [3.63, 3.8) is 0 Å². The number of anilines is 1. The molecule has 6 heteroatoms. The lowest BCUT2D eigenvalue weighted by atomic mass is 10.0. The molecule has 2 N–H and O–H groups in total. The number of amides is 1. The first-order valence-corrected chi connectivity index (χ1v) is 9.08. The number of nitrogens with zero attached hydrogens (tertiary/aromatic N) is 3. The number of aliphatic hydroxyl groups excluding tert-OH is 1. The van der Waals surface area contributed by atoms with Crippen molar-refractivity contribution in [3.8, 4) is 12.3 Å². The van der Waals surface area contributed by atoms with Crippen LogP contribution in [0.1, 0.15) is 36.6 Å². The molecule has 1 aromatic carbocycles. The molecule has 3 rings (SSSR count). The monoisotopic (exact) mass is 364 g/mol. The molecule has 0 bridgehead atoms. The van der Waals surface area contributed by atoms with Crippen LogP contribution < -0.4 is 10.2 Å². The number of nitrogens with one attached hydrogen (secondary N) is 1. The van der Waals surface area contributed by atoms with Crippen LogP contribution in [0.3, 0.4) is 0 Å². The number of β-amino-alcohol motifs (C(OH)–C–C–N with tert-alkyl or cyclic N) is 1. The van der Waals surface area contributed by atoms with E-state index in [1.165, 1.54) is 5.56 Å². The zero-order valence-corrected chi connectivity index (χ0v) is 15.6. The van der Waals surface area contributed by atoms with Crippen LogP contribution in [0, 0.1) is 12.3 Å². The first-order chi connectivity index (χ1) is 13.0. The average molecular weight is 364 g/mol. The van der Waals surface area contributed by atoms with E-state index < -0.39 is 6.10 Å². The van der Waals surface area contributed by atoms with Crippen LogP contribution in [-0.2, 0) is 11.2 Å². The Labute approximate surface area is 159 Å². The summed E-state index contributed by atoms with van der Waals surface area (Å²) in [6, 6.07) is 11.2. The maximum Gasteiger partial charge on any atom is 0.224 e. The highest BCUT2D eigenvalue weighted by molar-refractivity contribution is 5.79. The second-order valence-corrected chi connectivity index (χ2v) is 7.14. The van der Waals surface area contributed by atoms with Gasteiger partial charge in [0, 0.05) is 13.1 Å². The van der Waals surface area contributed by atoms with Gasteiger partial charge in [0.25, 0.3) is 0 Å². The summed E-state index contributed by atoms with van der Waals surface area (Å²) in [5.41, 5.74) is 2.67. The van der Waals surface area contributed by atoms with E-state index in [1.807, 2.05) is 17.0 Å². The maximum atomic E-state index is 12.4. The molecule has 0 spiro atoms. The predicted molar refractivity (Wildman–Crippen MR) is 104 cm³/mol. The van der Waals surface area contributed by atoms with Gasteiger partial charge < -0.3 is 15.3 Å². The molecule has 2 heterocycles. The Kier molecular flexibility index (Phi) is 5.72. The van der Waals surface area contributed by atoms with Crippen molar-refractivity contribution in [1.29, 1.82) is 0 Å². The molecule has 0 unspecified atom stereocenters. The molecular weight excluding hydrogens is 340 g/mol. The first kappa shape index (κ1) is 18.9. The highest BCUT2D eigenvalue weighted by Crippen LogP contribution is 2.18. The molecule has 1 aromatic heterocycles. The number of aliphatic hydroxyl groups is 1. The third-order valence-electron chi connectivity index (χ3n) is 4.77. The Morgan fingerprint density at radius 2 is 2.00 bits per heavy atom. The zero-order valence-electron chi connectivity index (χ0n) is 15.6. The van der Waals surface area contributed by atoms with Gasteiger partial charge >= 0.3 is 0 Å². The minimum Gasteiger partial charge on any atom is -0.389 e. The fourth-order valence-corrected chi connectivity index (χ4v) is 3.15. The Hall–Kier alpha value is -2.91. The summed E-state index contributed by atoms with van der Waals surface area (Å²) < 4.78 is 0. The average Bonchev–Trinajstić information content (AvgIpc) is 3.02. The van der Waals surface area contributed by atoms with Gasteiger partial charge in [0.05, 0.1) is 18.6 Å². The summed E-state index contributed by atoms with van der Waals surface area (Å²) in [7, 11) is 0. The van der Waals surface area contributed by atoms with E-state index in [2.05, 4.69) is 47.4 Å². The number of aromatic nitrogens is 2.